The van der Waals surface area contributed by atoms with E-state index in [9.17, 15) is 0 Å². The molecule has 3 nitrogen and oxygen atoms in total. The Morgan fingerprint density at radius 1 is 1.00 bits per heavy atom. The second-order valence-corrected chi connectivity index (χ2v) is 3.70. The molecule has 0 bridgehead atoms. The van der Waals surface area contributed by atoms with Gasteiger partial charge in [-0.25, -0.2) is 0 Å². The SMILES string of the molecule is COc1ccc(COc2[c]cccc2OC)cc1. The molecular weight excluding hydrogens is 228 g/mol. The third-order valence-electron chi connectivity index (χ3n) is 2.54. The van der Waals surface area contributed by atoms with Crippen LogP contribution in [-0.2, 0) is 6.61 Å². The van der Waals surface area contributed by atoms with Crippen molar-refractivity contribution in [3.63, 3.8) is 0 Å². The van der Waals surface area contributed by atoms with Gasteiger partial charge in [-0.1, -0.05) is 24.3 Å². The van der Waals surface area contributed by atoms with Crippen molar-refractivity contribution in [2.24, 2.45) is 0 Å². The number of rotatable bonds is 5. The van der Waals surface area contributed by atoms with E-state index in [-0.39, 0.29) is 0 Å². The van der Waals surface area contributed by atoms with Crippen molar-refractivity contribution >= 4 is 0 Å². The molecular formula is C15H15O3. The van der Waals surface area contributed by atoms with Gasteiger partial charge in [0, 0.05) is 6.07 Å². The predicted octanol–water partition coefficient (Wildman–Crippen LogP) is 3.08. The van der Waals surface area contributed by atoms with Crippen molar-refractivity contribution in [3.05, 3.63) is 54.1 Å². The standard InChI is InChI=1S/C15H15O3/c1-16-13-9-7-12(8-10-13)11-18-15-6-4-3-5-14(15)17-2/h3-5,7-10H,11H2,1-2H3. The van der Waals surface area contributed by atoms with Gasteiger partial charge in [0.25, 0.3) is 0 Å². The van der Waals surface area contributed by atoms with Crippen LogP contribution >= 0.6 is 0 Å². The summed E-state index contributed by atoms with van der Waals surface area (Å²) in [6.45, 7) is 0.473. The van der Waals surface area contributed by atoms with Crippen LogP contribution < -0.4 is 14.2 Å². The lowest BCUT2D eigenvalue weighted by molar-refractivity contribution is 0.283. The Morgan fingerprint density at radius 2 is 1.78 bits per heavy atom. The molecule has 0 amide bonds. The lowest BCUT2D eigenvalue weighted by Crippen LogP contribution is -1.97. The van der Waals surface area contributed by atoms with Crippen molar-refractivity contribution in [1.29, 1.82) is 0 Å². The molecule has 0 N–H and O–H groups in total. The highest BCUT2D eigenvalue weighted by Gasteiger charge is 2.03. The first kappa shape index (κ1) is 12.3. The Hall–Kier alpha value is -2.16. The molecule has 2 aromatic carbocycles. The van der Waals surface area contributed by atoms with Gasteiger partial charge in [0.15, 0.2) is 11.5 Å². The van der Waals surface area contributed by atoms with Crippen LogP contribution in [0.4, 0.5) is 0 Å². The monoisotopic (exact) mass is 243 g/mol. The van der Waals surface area contributed by atoms with E-state index in [1.54, 1.807) is 20.3 Å². The normalized spacial score (nSPS) is 9.89. The highest BCUT2D eigenvalue weighted by Crippen LogP contribution is 2.26. The van der Waals surface area contributed by atoms with Crippen molar-refractivity contribution in [2.45, 2.75) is 6.61 Å². The van der Waals surface area contributed by atoms with Gasteiger partial charge in [-0.05, 0) is 23.8 Å². The van der Waals surface area contributed by atoms with Crippen LogP contribution in [0.2, 0.25) is 0 Å². The quantitative estimate of drug-likeness (QED) is 0.807. The molecule has 0 spiro atoms. The Labute approximate surface area is 107 Å². The summed E-state index contributed by atoms with van der Waals surface area (Å²) in [5.41, 5.74) is 1.06. The molecule has 2 aromatic rings. The van der Waals surface area contributed by atoms with Gasteiger partial charge < -0.3 is 14.2 Å². The molecule has 0 unspecified atom stereocenters. The van der Waals surface area contributed by atoms with E-state index in [1.807, 2.05) is 36.4 Å². The average Bonchev–Trinajstić information content (AvgIpc) is 2.46. The lowest BCUT2D eigenvalue weighted by atomic mass is 10.2. The largest absolute Gasteiger partial charge is 0.497 e. The number of para-hydroxylation sites is 1. The summed E-state index contributed by atoms with van der Waals surface area (Å²) in [6, 6.07) is 16.3. The second-order valence-electron chi connectivity index (χ2n) is 3.70. The van der Waals surface area contributed by atoms with E-state index in [0.29, 0.717) is 18.1 Å². The smallest absolute Gasteiger partial charge is 0.169 e. The van der Waals surface area contributed by atoms with Crippen LogP contribution in [-0.4, -0.2) is 14.2 Å². The molecule has 3 heteroatoms. The summed E-state index contributed by atoms with van der Waals surface area (Å²) in [5.74, 6) is 2.14. The summed E-state index contributed by atoms with van der Waals surface area (Å²) >= 11 is 0. The summed E-state index contributed by atoms with van der Waals surface area (Å²) in [5, 5.41) is 0. The van der Waals surface area contributed by atoms with Crippen LogP contribution in [0, 0.1) is 6.07 Å². The second kappa shape index (κ2) is 5.96. The van der Waals surface area contributed by atoms with E-state index in [1.165, 1.54) is 0 Å². The van der Waals surface area contributed by atoms with Gasteiger partial charge >= 0.3 is 0 Å². The summed E-state index contributed by atoms with van der Waals surface area (Å²) in [4.78, 5) is 0. The minimum Gasteiger partial charge on any atom is -0.497 e. The van der Waals surface area contributed by atoms with Crippen LogP contribution in [0.25, 0.3) is 0 Å². The van der Waals surface area contributed by atoms with Gasteiger partial charge in [0.05, 0.1) is 14.2 Å². The Kier molecular flexibility index (Phi) is 4.07. The maximum Gasteiger partial charge on any atom is 0.169 e. The molecule has 0 saturated carbocycles. The van der Waals surface area contributed by atoms with E-state index >= 15 is 0 Å². The lowest BCUT2D eigenvalue weighted by Gasteiger charge is -2.10. The number of methoxy groups -OCH3 is 2. The fourth-order valence-corrected chi connectivity index (χ4v) is 1.56. The third-order valence-corrected chi connectivity index (χ3v) is 2.54. The molecule has 18 heavy (non-hydrogen) atoms. The molecule has 0 aliphatic carbocycles. The van der Waals surface area contributed by atoms with Crippen LogP contribution in [0.15, 0.2) is 42.5 Å². The molecule has 0 aliphatic heterocycles. The first-order chi connectivity index (χ1) is 8.83. The Balaban J connectivity index is 2.02. The van der Waals surface area contributed by atoms with Crippen molar-refractivity contribution in [1.82, 2.24) is 0 Å². The molecule has 0 aliphatic rings. The first-order valence-electron chi connectivity index (χ1n) is 5.64. The van der Waals surface area contributed by atoms with Crippen molar-refractivity contribution in [2.75, 3.05) is 14.2 Å². The Morgan fingerprint density at radius 3 is 2.44 bits per heavy atom. The zero-order valence-electron chi connectivity index (χ0n) is 10.5. The highest BCUT2D eigenvalue weighted by atomic mass is 16.5. The highest BCUT2D eigenvalue weighted by molar-refractivity contribution is 5.38. The average molecular weight is 243 g/mol. The van der Waals surface area contributed by atoms with E-state index in [0.717, 1.165) is 11.3 Å². The number of hydrogen-bond donors (Lipinski definition) is 0. The summed E-state index contributed by atoms with van der Waals surface area (Å²) in [6.07, 6.45) is 0. The van der Waals surface area contributed by atoms with Gasteiger partial charge in [0.1, 0.15) is 12.4 Å². The zero-order chi connectivity index (χ0) is 12.8. The summed E-state index contributed by atoms with van der Waals surface area (Å²) in [7, 11) is 3.26. The van der Waals surface area contributed by atoms with Crippen LogP contribution in [0.1, 0.15) is 5.56 Å². The van der Waals surface area contributed by atoms with Crippen molar-refractivity contribution < 1.29 is 14.2 Å². The predicted molar refractivity (Wildman–Crippen MR) is 69.2 cm³/mol. The molecule has 1 radical (unpaired) electrons. The maximum absolute atomic E-state index is 5.67. The number of benzene rings is 2. The van der Waals surface area contributed by atoms with Crippen molar-refractivity contribution in [3.8, 4) is 17.2 Å². The maximum atomic E-state index is 5.67. The minimum atomic E-state index is 0.473. The van der Waals surface area contributed by atoms with Crippen LogP contribution in [0.3, 0.4) is 0 Å². The fourth-order valence-electron chi connectivity index (χ4n) is 1.56. The molecule has 0 aromatic heterocycles. The Bertz CT molecular complexity index is 491. The van der Waals surface area contributed by atoms with Gasteiger partial charge in [-0.15, -0.1) is 0 Å². The number of ether oxygens (including phenoxy) is 3. The minimum absolute atomic E-state index is 0.473. The molecule has 93 valence electrons. The zero-order valence-corrected chi connectivity index (χ0v) is 10.5. The molecule has 2 rings (SSSR count). The topological polar surface area (TPSA) is 27.7 Å². The number of hydrogen-bond acceptors (Lipinski definition) is 3. The summed E-state index contributed by atoms with van der Waals surface area (Å²) < 4.78 is 16.0. The fraction of sp³-hybridized carbons (Fsp3) is 0.200. The van der Waals surface area contributed by atoms with Crippen LogP contribution in [0.5, 0.6) is 17.2 Å². The van der Waals surface area contributed by atoms with Gasteiger partial charge in [-0.2, -0.15) is 0 Å². The molecule has 0 heterocycles. The van der Waals surface area contributed by atoms with Gasteiger partial charge in [-0.3, -0.25) is 0 Å². The third kappa shape index (κ3) is 2.94. The van der Waals surface area contributed by atoms with E-state index < -0.39 is 0 Å². The van der Waals surface area contributed by atoms with E-state index in [4.69, 9.17) is 14.2 Å². The first-order valence-corrected chi connectivity index (χ1v) is 5.64. The van der Waals surface area contributed by atoms with Gasteiger partial charge in [0.2, 0.25) is 0 Å². The molecule has 0 atom stereocenters. The molecule has 0 saturated heterocycles. The van der Waals surface area contributed by atoms with E-state index in [2.05, 4.69) is 6.07 Å². The molecule has 0 fully saturated rings.